The fourth-order valence-corrected chi connectivity index (χ4v) is 5.88. The van der Waals surface area contributed by atoms with Crippen LogP contribution in [0.5, 0.6) is 0 Å². The van der Waals surface area contributed by atoms with Crippen molar-refractivity contribution in [2.75, 3.05) is 13.1 Å². The predicted molar refractivity (Wildman–Crippen MR) is 141 cm³/mol. The molecule has 0 saturated carbocycles. The molecule has 0 radical (unpaired) electrons. The maximum atomic E-state index is 4.80. The molecule has 1 aliphatic heterocycles. The molecule has 0 aromatic carbocycles. The van der Waals surface area contributed by atoms with E-state index in [1.54, 1.807) is 11.3 Å². The van der Waals surface area contributed by atoms with E-state index in [-0.39, 0.29) is 0 Å². The largest absolute Gasteiger partial charge is 0.314 e. The molecule has 7 heterocycles. The summed E-state index contributed by atoms with van der Waals surface area (Å²) >= 11 is 1.71. The second kappa shape index (κ2) is 9.00. The quantitative estimate of drug-likeness (QED) is 0.325. The molecule has 9 heteroatoms. The molecule has 1 saturated heterocycles. The van der Waals surface area contributed by atoms with Gasteiger partial charge in [-0.3, -0.25) is 9.88 Å². The van der Waals surface area contributed by atoms with E-state index in [9.17, 15) is 0 Å². The Morgan fingerprint density at radius 1 is 0.917 bits per heavy atom. The molecule has 0 unspecified atom stereocenters. The van der Waals surface area contributed by atoms with Crippen molar-refractivity contribution in [3.63, 3.8) is 0 Å². The highest BCUT2D eigenvalue weighted by atomic mass is 32.1. The highest BCUT2D eigenvalue weighted by Crippen LogP contribution is 2.26. The Morgan fingerprint density at radius 2 is 1.86 bits per heavy atom. The van der Waals surface area contributed by atoms with Crippen LogP contribution in [0.3, 0.4) is 0 Å². The first-order chi connectivity index (χ1) is 17.8. The van der Waals surface area contributed by atoms with Crippen molar-refractivity contribution in [3.8, 4) is 16.9 Å². The number of imidazole rings is 1. The summed E-state index contributed by atoms with van der Waals surface area (Å²) in [6.45, 7) is 3.97. The number of hydrogen-bond acceptors (Lipinski definition) is 6. The van der Waals surface area contributed by atoms with E-state index >= 15 is 0 Å². The number of likely N-dealkylation sites (tertiary alicyclic amines) is 1. The van der Waals surface area contributed by atoms with Crippen LogP contribution in [0.4, 0.5) is 0 Å². The van der Waals surface area contributed by atoms with Gasteiger partial charge in [0, 0.05) is 53.0 Å². The summed E-state index contributed by atoms with van der Waals surface area (Å²) < 4.78 is 6.12. The molecular weight excluding hydrogens is 468 g/mol. The summed E-state index contributed by atoms with van der Waals surface area (Å²) in [6, 6.07) is 8.54. The summed E-state index contributed by atoms with van der Waals surface area (Å²) in [5.74, 6) is 0. The fraction of sp³-hybridized carbons (Fsp3) is 0.259. The Bertz CT molecular complexity index is 1650. The average Bonchev–Trinajstić information content (AvgIpc) is 3.69. The number of piperidine rings is 1. The Kier molecular flexibility index (Phi) is 5.36. The lowest BCUT2D eigenvalue weighted by Crippen LogP contribution is -2.29. The van der Waals surface area contributed by atoms with E-state index < -0.39 is 0 Å². The zero-order chi connectivity index (χ0) is 23.9. The van der Waals surface area contributed by atoms with Crippen LogP contribution in [0.25, 0.3) is 33.5 Å². The van der Waals surface area contributed by atoms with E-state index in [2.05, 4.69) is 82.8 Å². The first-order valence-electron chi connectivity index (χ1n) is 12.4. The molecule has 1 aliphatic rings. The number of pyridine rings is 2. The third-order valence-corrected chi connectivity index (χ3v) is 7.66. The number of rotatable bonds is 6. The van der Waals surface area contributed by atoms with Crippen LogP contribution in [0.15, 0.2) is 72.2 Å². The molecule has 180 valence electrons. The lowest BCUT2D eigenvalue weighted by Gasteiger charge is -2.26. The first kappa shape index (κ1) is 21.5. The zero-order valence-electron chi connectivity index (χ0n) is 19.9. The van der Waals surface area contributed by atoms with Crippen molar-refractivity contribution < 1.29 is 0 Å². The van der Waals surface area contributed by atoms with Crippen molar-refractivity contribution in [2.45, 2.75) is 32.4 Å². The smallest absolute Gasteiger partial charge is 0.137 e. The third kappa shape index (κ3) is 4.10. The van der Waals surface area contributed by atoms with Crippen LogP contribution in [0.1, 0.15) is 30.5 Å². The number of aromatic nitrogens is 7. The molecule has 36 heavy (non-hydrogen) atoms. The van der Waals surface area contributed by atoms with Crippen LogP contribution in [0.2, 0.25) is 0 Å². The Morgan fingerprint density at radius 3 is 2.81 bits per heavy atom. The minimum atomic E-state index is 0.566. The van der Waals surface area contributed by atoms with Crippen molar-refractivity contribution >= 4 is 27.9 Å². The van der Waals surface area contributed by atoms with Crippen molar-refractivity contribution in [3.05, 3.63) is 83.5 Å². The minimum absolute atomic E-state index is 0.566. The van der Waals surface area contributed by atoms with E-state index in [1.807, 2.05) is 23.3 Å². The second-order valence-corrected chi connectivity index (χ2v) is 10.2. The second-order valence-electron chi connectivity index (χ2n) is 9.50. The third-order valence-electron chi connectivity index (χ3n) is 6.91. The Hall–Kier alpha value is -3.82. The van der Waals surface area contributed by atoms with E-state index in [1.165, 1.54) is 48.8 Å². The summed E-state index contributed by atoms with van der Waals surface area (Å²) in [5, 5.41) is 14.3. The van der Waals surface area contributed by atoms with Gasteiger partial charge in [0.25, 0.3) is 0 Å². The Labute approximate surface area is 212 Å². The average molecular weight is 495 g/mol. The minimum Gasteiger partial charge on any atom is -0.314 e. The van der Waals surface area contributed by atoms with Gasteiger partial charge in [0.05, 0.1) is 35.8 Å². The highest BCUT2D eigenvalue weighted by molar-refractivity contribution is 7.09. The molecule has 7 rings (SSSR count). The molecule has 0 aliphatic carbocycles. The molecule has 0 spiro atoms. The summed E-state index contributed by atoms with van der Waals surface area (Å²) in [5.41, 5.74) is 7.17. The van der Waals surface area contributed by atoms with Gasteiger partial charge in [0.15, 0.2) is 0 Å². The van der Waals surface area contributed by atoms with Crippen LogP contribution in [-0.4, -0.2) is 51.9 Å². The van der Waals surface area contributed by atoms with Crippen LogP contribution in [0, 0.1) is 0 Å². The van der Waals surface area contributed by atoms with Gasteiger partial charge in [-0.05, 0) is 49.7 Å². The van der Waals surface area contributed by atoms with E-state index in [0.717, 1.165) is 34.8 Å². The molecule has 0 atom stereocenters. The summed E-state index contributed by atoms with van der Waals surface area (Å²) in [6.07, 6.45) is 16.0. The standard InChI is InChI=1S/C27H26N8S/c1-2-7-32(8-3-1)13-20-4-5-27-29-23(15-33(27)14-20)16-34-17-25(30-31-34)22-10-24(12-28-11-22)35-9-6-21-18-36-19-26(21)35/h4-6,9-12,14-15,17-19H,1-3,7-8,13,16H2. The van der Waals surface area contributed by atoms with Gasteiger partial charge in [-0.15, -0.1) is 16.4 Å². The lowest BCUT2D eigenvalue weighted by molar-refractivity contribution is 0.220. The maximum Gasteiger partial charge on any atom is 0.137 e. The molecule has 8 nitrogen and oxygen atoms in total. The van der Waals surface area contributed by atoms with Gasteiger partial charge < -0.3 is 8.97 Å². The van der Waals surface area contributed by atoms with Crippen molar-refractivity contribution in [2.24, 2.45) is 0 Å². The van der Waals surface area contributed by atoms with Gasteiger partial charge in [-0.2, -0.15) is 0 Å². The molecule has 0 N–H and O–H groups in total. The number of hydrogen-bond donors (Lipinski definition) is 0. The highest BCUT2D eigenvalue weighted by Gasteiger charge is 2.13. The first-order valence-corrected chi connectivity index (χ1v) is 13.3. The predicted octanol–water partition coefficient (Wildman–Crippen LogP) is 5.03. The normalized spacial score (nSPS) is 14.8. The monoisotopic (exact) mass is 494 g/mol. The van der Waals surface area contributed by atoms with Crippen LogP contribution < -0.4 is 0 Å². The van der Waals surface area contributed by atoms with Crippen LogP contribution >= 0.6 is 11.3 Å². The molecule has 1 fully saturated rings. The Balaban J connectivity index is 1.09. The maximum absolute atomic E-state index is 4.80. The van der Waals surface area contributed by atoms with Crippen molar-refractivity contribution in [1.82, 2.24) is 38.8 Å². The fourth-order valence-electron chi connectivity index (χ4n) is 5.09. The number of nitrogens with zero attached hydrogens (tertiary/aromatic N) is 8. The van der Waals surface area contributed by atoms with Gasteiger partial charge in [0.2, 0.25) is 0 Å². The molecular formula is C27H26N8S. The molecule has 6 aromatic heterocycles. The molecule has 6 aromatic rings. The van der Waals surface area contributed by atoms with E-state index in [0.29, 0.717) is 6.54 Å². The van der Waals surface area contributed by atoms with Gasteiger partial charge in [0.1, 0.15) is 11.3 Å². The van der Waals surface area contributed by atoms with Gasteiger partial charge >= 0.3 is 0 Å². The van der Waals surface area contributed by atoms with Gasteiger partial charge in [-0.1, -0.05) is 17.7 Å². The summed E-state index contributed by atoms with van der Waals surface area (Å²) in [7, 11) is 0. The topological polar surface area (TPSA) is 69.1 Å². The van der Waals surface area contributed by atoms with E-state index in [4.69, 9.17) is 4.98 Å². The van der Waals surface area contributed by atoms with Crippen molar-refractivity contribution in [1.29, 1.82) is 0 Å². The number of thiophene rings is 1. The molecule has 0 amide bonds. The lowest BCUT2D eigenvalue weighted by atomic mass is 10.1. The summed E-state index contributed by atoms with van der Waals surface area (Å²) in [4.78, 5) is 11.8. The van der Waals surface area contributed by atoms with Gasteiger partial charge in [-0.25, -0.2) is 9.67 Å². The number of fused-ring (bicyclic) bond motifs is 2. The molecule has 0 bridgehead atoms. The zero-order valence-corrected chi connectivity index (χ0v) is 20.7. The van der Waals surface area contributed by atoms with Crippen LogP contribution in [-0.2, 0) is 13.1 Å². The SMILES string of the molecule is c1cc2nc(Cn3cc(-c4cncc(-n5ccc6cscc65)c4)nn3)cn2cc1CN1CCCCC1.